The molecule has 0 radical (unpaired) electrons. The van der Waals surface area contributed by atoms with Gasteiger partial charge in [0.2, 0.25) is 10.0 Å². The summed E-state index contributed by atoms with van der Waals surface area (Å²) in [6, 6.07) is 1.91. The average Bonchev–Trinajstić information content (AvgIpc) is 2.20. The lowest BCUT2D eigenvalue weighted by Gasteiger charge is -2.27. The van der Waals surface area contributed by atoms with E-state index < -0.39 is 10.0 Å². The number of benzene rings is 1. The zero-order chi connectivity index (χ0) is 15.1. The smallest absolute Gasteiger partial charge is 0.252 e. The monoisotopic (exact) mass is 296 g/mol. The minimum absolute atomic E-state index is 0.0573. The third-order valence-corrected chi connectivity index (χ3v) is 5.05. The third kappa shape index (κ3) is 2.71. The maximum absolute atomic E-state index is 12.3. The van der Waals surface area contributed by atoms with Crippen molar-refractivity contribution in [1.82, 2.24) is 5.32 Å². The van der Waals surface area contributed by atoms with E-state index in [0.29, 0.717) is 16.7 Å². The maximum atomic E-state index is 12.3. The normalized spacial score (nSPS) is 15.8. The van der Waals surface area contributed by atoms with Gasteiger partial charge in [-0.3, -0.25) is 4.79 Å². The highest BCUT2D eigenvalue weighted by Crippen LogP contribution is 2.26. The number of hydrogen-bond acceptors (Lipinski definition) is 3. The Balaban J connectivity index is 2.49. The van der Waals surface area contributed by atoms with E-state index in [4.69, 9.17) is 5.14 Å². The Hall–Kier alpha value is -1.40. The van der Waals surface area contributed by atoms with E-state index in [1.54, 1.807) is 19.9 Å². The van der Waals surface area contributed by atoms with Crippen LogP contribution in [-0.2, 0) is 10.0 Å². The maximum Gasteiger partial charge on any atom is 0.252 e. The molecular formula is C14H20N2O3S. The number of rotatable bonds is 3. The number of nitrogens with two attached hydrogens (primary N) is 1. The van der Waals surface area contributed by atoms with Crippen molar-refractivity contribution in [3.63, 3.8) is 0 Å². The van der Waals surface area contributed by atoms with Crippen LogP contribution in [0.5, 0.6) is 0 Å². The van der Waals surface area contributed by atoms with Crippen molar-refractivity contribution in [3.8, 4) is 0 Å². The first-order valence-corrected chi connectivity index (χ1v) is 8.21. The fourth-order valence-electron chi connectivity index (χ4n) is 2.76. The van der Waals surface area contributed by atoms with Gasteiger partial charge in [-0.15, -0.1) is 0 Å². The summed E-state index contributed by atoms with van der Waals surface area (Å²) in [5.74, 6) is -0.213. The topological polar surface area (TPSA) is 89.3 Å². The highest BCUT2D eigenvalue weighted by atomic mass is 32.2. The van der Waals surface area contributed by atoms with Gasteiger partial charge in [0.15, 0.2) is 0 Å². The minimum atomic E-state index is -3.84. The first-order chi connectivity index (χ1) is 9.21. The van der Waals surface area contributed by atoms with Gasteiger partial charge in [-0.1, -0.05) is 6.07 Å². The largest absolute Gasteiger partial charge is 0.349 e. The predicted molar refractivity (Wildman–Crippen MR) is 77.1 cm³/mol. The molecule has 1 saturated carbocycles. The second-order valence-electron chi connectivity index (χ2n) is 5.49. The van der Waals surface area contributed by atoms with Crippen LogP contribution < -0.4 is 10.5 Å². The zero-order valence-corrected chi connectivity index (χ0v) is 12.8. The predicted octanol–water partition coefficient (Wildman–Crippen LogP) is 1.54. The number of carbonyl (C=O) groups is 1. The highest BCUT2D eigenvalue weighted by molar-refractivity contribution is 7.89. The molecule has 1 aromatic carbocycles. The quantitative estimate of drug-likeness (QED) is 0.886. The highest BCUT2D eigenvalue weighted by Gasteiger charge is 2.25. The summed E-state index contributed by atoms with van der Waals surface area (Å²) in [6.45, 7) is 5.13. The molecule has 0 heterocycles. The molecule has 1 aromatic rings. The molecule has 1 aliphatic carbocycles. The van der Waals surface area contributed by atoms with Gasteiger partial charge in [0, 0.05) is 11.6 Å². The summed E-state index contributed by atoms with van der Waals surface area (Å²) in [7, 11) is -3.84. The molecule has 1 amide bonds. The summed E-state index contributed by atoms with van der Waals surface area (Å²) in [4.78, 5) is 12.4. The average molecular weight is 296 g/mol. The standard InChI is InChI=1S/C14H20N2O3S/c1-8-7-9(2)13(20(15,18)19)10(3)12(8)14(17)16-11-5-4-6-11/h7,11H,4-6H2,1-3H3,(H,16,17)(H2,15,18,19). The van der Waals surface area contributed by atoms with Gasteiger partial charge in [-0.05, 0) is 56.7 Å². The van der Waals surface area contributed by atoms with Crippen LogP contribution in [0.2, 0.25) is 0 Å². The number of amides is 1. The summed E-state index contributed by atoms with van der Waals surface area (Å²) in [5.41, 5.74) is 2.19. The molecule has 0 saturated heterocycles. The molecule has 3 N–H and O–H groups in total. The van der Waals surface area contributed by atoms with Crippen LogP contribution in [0.25, 0.3) is 0 Å². The number of carbonyl (C=O) groups excluding carboxylic acids is 1. The molecule has 0 aliphatic heterocycles. The third-order valence-electron chi connectivity index (χ3n) is 3.85. The molecule has 1 fully saturated rings. The van der Waals surface area contributed by atoms with Crippen LogP contribution in [-0.4, -0.2) is 20.4 Å². The molecule has 20 heavy (non-hydrogen) atoms. The molecule has 0 unspecified atom stereocenters. The van der Waals surface area contributed by atoms with Crippen molar-refractivity contribution in [1.29, 1.82) is 0 Å². The van der Waals surface area contributed by atoms with E-state index in [1.165, 1.54) is 0 Å². The molecule has 1 aliphatic rings. The fraction of sp³-hybridized carbons (Fsp3) is 0.500. The van der Waals surface area contributed by atoms with Crippen LogP contribution in [0, 0.1) is 20.8 Å². The van der Waals surface area contributed by atoms with Crippen molar-refractivity contribution in [2.45, 2.75) is 51.0 Å². The van der Waals surface area contributed by atoms with Crippen molar-refractivity contribution < 1.29 is 13.2 Å². The fourth-order valence-corrected chi connectivity index (χ4v) is 3.80. The van der Waals surface area contributed by atoms with Crippen molar-refractivity contribution in [2.24, 2.45) is 5.14 Å². The van der Waals surface area contributed by atoms with Crippen molar-refractivity contribution in [2.75, 3.05) is 0 Å². The molecule has 5 nitrogen and oxygen atoms in total. The van der Waals surface area contributed by atoms with Crippen molar-refractivity contribution in [3.05, 3.63) is 28.3 Å². The van der Waals surface area contributed by atoms with E-state index in [9.17, 15) is 13.2 Å². The molecule has 0 bridgehead atoms. The Morgan fingerprint density at radius 3 is 2.30 bits per heavy atom. The van der Waals surface area contributed by atoms with Gasteiger partial charge in [-0.2, -0.15) is 0 Å². The van der Waals surface area contributed by atoms with Gasteiger partial charge in [0.25, 0.3) is 5.91 Å². The van der Waals surface area contributed by atoms with E-state index in [-0.39, 0.29) is 16.8 Å². The number of nitrogens with one attached hydrogen (secondary N) is 1. The SMILES string of the molecule is Cc1cc(C)c(S(N)(=O)=O)c(C)c1C(=O)NC1CCC1. The van der Waals surface area contributed by atoms with Crippen LogP contribution in [0.3, 0.4) is 0 Å². The molecule has 2 rings (SSSR count). The second kappa shape index (κ2) is 5.18. The van der Waals surface area contributed by atoms with Crippen molar-refractivity contribution >= 4 is 15.9 Å². The number of primary sulfonamides is 1. The van der Waals surface area contributed by atoms with E-state index in [1.807, 2.05) is 6.92 Å². The summed E-state index contributed by atoms with van der Waals surface area (Å²) in [5, 5.41) is 8.19. The van der Waals surface area contributed by atoms with Gasteiger partial charge < -0.3 is 5.32 Å². The lowest BCUT2D eigenvalue weighted by Crippen LogP contribution is -2.40. The Morgan fingerprint density at radius 1 is 1.25 bits per heavy atom. The molecular weight excluding hydrogens is 276 g/mol. The lowest BCUT2D eigenvalue weighted by atomic mass is 9.92. The molecule has 6 heteroatoms. The lowest BCUT2D eigenvalue weighted by molar-refractivity contribution is 0.0915. The Bertz CT molecular complexity index is 661. The minimum Gasteiger partial charge on any atom is -0.349 e. The van der Waals surface area contributed by atoms with Crippen LogP contribution in [0.4, 0.5) is 0 Å². The van der Waals surface area contributed by atoms with E-state index in [0.717, 1.165) is 24.8 Å². The first-order valence-electron chi connectivity index (χ1n) is 6.66. The summed E-state index contributed by atoms with van der Waals surface area (Å²) >= 11 is 0. The molecule has 110 valence electrons. The van der Waals surface area contributed by atoms with Crippen LogP contribution >= 0.6 is 0 Å². The Kier molecular flexibility index (Phi) is 3.88. The second-order valence-corrected chi connectivity index (χ2v) is 6.98. The summed E-state index contributed by atoms with van der Waals surface area (Å²) < 4.78 is 23.4. The molecule has 0 spiro atoms. The number of aryl methyl sites for hydroxylation is 2. The van der Waals surface area contributed by atoms with Crippen LogP contribution in [0.15, 0.2) is 11.0 Å². The molecule has 0 atom stereocenters. The van der Waals surface area contributed by atoms with Gasteiger partial charge in [0.05, 0.1) is 4.90 Å². The first kappa shape index (κ1) is 15.0. The van der Waals surface area contributed by atoms with E-state index in [2.05, 4.69) is 5.32 Å². The van der Waals surface area contributed by atoms with Gasteiger partial charge in [-0.25, -0.2) is 13.6 Å². The number of hydrogen-bond donors (Lipinski definition) is 2. The summed E-state index contributed by atoms with van der Waals surface area (Å²) in [6.07, 6.45) is 3.09. The Labute approximate surface area is 119 Å². The number of sulfonamides is 1. The van der Waals surface area contributed by atoms with Gasteiger partial charge >= 0.3 is 0 Å². The van der Waals surface area contributed by atoms with E-state index >= 15 is 0 Å². The Morgan fingerprint density at radius 2 is 1.85 bits per heavy atom. The molecule has 0 aromatic heterocycles. The van der Waals surface area contributed by atoms with Gasteiger partial charge in [0.1, 0.15) is 0 Å². The van der Waals surface area contributed by atoms with Crippen LogP contribution in [0.1, 0.15) is 46.3 Å². The zero-order valence-electron chi connectivity index (χ0n) is 12.0.